The summed E-state index contributed by atoms with van der Waals surface area (Å²) in [5, 5.41) is 0. The number of benzene rings is 3. The topological polar surface area (TPSA) is 70.6 Å². The number of ether oxygens (including phenoxy) is 1. The number of carbonyl (C=O) groups is 1. The zero-order valence-corrected chi connectivity index (χ0v) is 26.1. The van der Waals surface area contributed by atoms with Crippen LogP contribution in [0.15, 0.2) is 83.8 Å². The number of anilines is 1. The maximum absolute atomic E-state index is 14.1. The zero-order chi connectivity index (χ0) is 29.9. The minimum atomic E-state index is -0.282. The molecule has 1 amide bonds. The molecule has 1 fully saturated rings. The molecule has 7 nitrogen and oxygen atoms in total. The molecular weight excluding hydrogens is 554 g/mol. The van der Waals surface area contributed by atoms with Gasteiger partial charge in [-0.3, -0.25) is 14.4 Å². The van der Waals surface area contributed by atoms with Gasteiger partial charge in [-0.25, -0.2) is 4.98 Å². The van der Waals surface area contributed by atoms with Gasteiger partial charge in [0.15, 0.2) is 0 Å². The summed E-state index contributed by atoms with van der Waals surface area (Å²) in [6, 6.07) is 26.8. The molecule has 0 spiro atoms. The Morgan fingerprint density at radius 1 is 0.930 bits per heavy atom. The van der Waals surface area contributed by atoms with E-state index in [-0.39, 0.29) is 18.1 Å². The van der Waals surface area contributed by atoms with Crippen molar-refractivity contribution in [3.8, 4) is 17.1 Å². The van der Waals surface area contributed by atoms with Crippen LogP contribution in [0, 0.1) is 19.8 Å². The summed E-state index contributed by atoms with van der Waals surface area (Å²) in [6.45, 7) is 11.3. The molecule has 6 rings (SSSR count). The number of hydrogen-bond donors (Lipinski definition) is 1. The fourth-order valence-electron chi connectivity index (χ4n) is 6.21. The molecule has 3 aromatic carbocycles. The van der Waals surface area contributed by atoms with Crippen LogP contribution in [0.2, 0.25) is 0 Å². The standard InChI is InChI=1S/C35H39N5O2S/c1-23(2)16-28-20-40-22-29(21-39(28)19-26-12-6-5-7-13-26)42-32-18-31(33-24(3)10-8-11-25(33)4)36-35(37-32)38-43-30-15-9-14-27(17-30)34(40)41/h5-15,17-18,23,28-29H,16,19-22H2,1-4H3,(H,36,37,38)/t28-,29+/m1/s1. The number of aryl methyl sites for hydroxylation is 2. The van der Waals surface area contributed by atoms with E-state index in [1.165, 1.54) is 17.5 Å². The van der Waals surface area contributed by atoms with Crippen molar-refractivity contribution in [1.29, 1.82) is 0 Å². The van der Waals surface area contributed by atoms with Crippen LogP contribution in [-0.4, -0.2) is 57.5 Å². The van der Waals surface area contributed by atoms with Crippen LogP contribution in [0.3, 0.4) is 0 Å². The van der Waals surface area contributed by atoms with Crippen LogP contribution < -0.4 is 9.46 Å². The van der Waals surface area contributed by atoms with E-state index in [2.05, 4.69) is 85.8 Å². The van der Waals surface area contributed by atoms with Gasteiger partial charge in [0, 0.05) is 47.8 Å². The van der Waals surface area contributed by atoms with Crippen molar-refractivity contribution in [2.45, 2.75) is 57.7 Å². The van der Waals surface area contributed by atoms with Crippen molar-refractivity contribution in [1.82, 2.24) is 19.8 Å². The summed E-state index contributed by atoms with van der Waals surface area (Å²) in [6.07, 6.45) is 0.701. The average molecular weight is 594 g/mol. The summed E-state index contributed by atoms with van der Waals surface area (Å²) >= 11 is 1.40. The molecule has 1 saturated heterocycles. The van der Waals surface area contributed by atoms with Crippen LogP contribution >= 0.6 is 11.9 Å². The minimum Gasteiger partial charge on any atom is -0.471 e. The van der Waals surface area contributed by atoms with Crippen molar-refractivity contribution < 1.29 is 9.53 Å². The molecular formula is C35H39N5O2S. The number of nitrogens with one attached hydrogen (secondary N) is 1. The lowest BCUT2D eigenvalue weighted by Gasteiger charge is -2.33. The van der Waals surface area contributed by atoms with Crippen LogP contribution in [-0.2, 0) is 6.54 Å². The number of rotatable bonds is 5. The molecule has 2 aliphatic heterocycles. The predicted octanol–water partition coefficient (Wildman–Crippen LogP) is 7.01. The molecule has 6 bridgehead atoms. The number of amides is 1. The van der Waals surface area contributed by atoms with Crippen LogP contribution in [0.5, 0.6) is 5.88 Å². The molecule has 222 valence electrons. The first-order valence-corrected chi connectivity index (χ1v) is 15.9. The van der Waals surface area contributed by atoms with Gasteiger partial charge in [-0.1, -0.05) is 68.4 Å². The number of carbonyl (C=O) groups excluding carboxylic acids is 1. The van der Waals surface area contributed by atoms with E-state index in [0.29, 0.717) is 42.9 Å². The van der Waals surface area contributed by atoms with Gasteiger partial charge in [-0.15, -0.1) is 0 Å². The Morgan fingerprint density at radius 3 is 2.47 bits per heavy atom. The highest BCUT2D eigenvalue weighted by atomic mass is 32.2. The van der Waals surface area contributed by atoms with E-state index in [4.69, 9.17) is 14.7 Å². The number of fused-ring (bicyclic) bond motifs is 6. The summed E-state index contributed by atoms with van der Waals surface area (Å²) in [5.74, 6) is 1.49. The van der Waals surface area contributed by atoms with Crippen molar-refractivity contribution >= 4 is 23.8 Å². The predicted molar refractivity (Wildman–Crippen MR) is 173 cm³/mol. The maximum Gasteiger partial charge on any atom is 0.254 e. The van der Waals surface area contributed by atoms with Gasteiger partial charge < -0.3 is 9.64 Å². The molecule has 0 saturated carbocycles. The first-order chi connectivity index (χ1) is 20.8. The first kappa shape index (κ1) is 29.2. The maximum atomic E-state index is 14.1. The third-order valence-corrected chi connectivity index (χ3v) is 8.91. The molecule has 43 heavy (non-hydrogen) atoms. The van der Waals surface area contributed by atoms with Crippen LogP contribution in [0.25, 0.3) is 11.3 Å². The normalized spacial score (nSPS) is 19.0. The van der Waals surface area contributed by atoms with Crippen molar-refractivity contribution in [2.24, 2.45) is 5.92 Å². The molecule has 1 N–H and O–H groups in total. The van der Waals surface area contributed by atoms with Crippen LogP contribution in [0.4, 0.5) is 5.95 Å². The second kappa shape index (κ2) is 12.8. The van der Waals surface area contributed by atoms with Gasteiger partial charge in [0.2, 0.25) is 11.8 Å². The Labute approximate surface area is 258 Å². The molecule has 0 unspecified atom stereocenters. The first-order valence-electron chi connectivity index (χ1n) is 15.0. The fraction of sp³-hybridized carbons (Fsp3) is 0.343. The monoisotopic (exact) mass is 593 g/mol. The highest BCUT2D eigenvalue weighted by molar-refractivity contribution is 8.00. The Bertz CT molecular complexity index is 1570. The van der Waals surface area contributed by atoms with Gasteiger partial charge in [-0.05, 0) is 73.0 Å². The lowest BCUT2D eigenvalue weighted by Crippen LogP contribution is -2.43. The second-order valence-corrected chi connectivity index (χ2v) is 12.9. The molecule has 8 heteroatoms. The number of aromatic nitrogens is 2. The highest BCUT2D eigenvalue weighted by Gasteiger charge is 2.34. The Balaban J connectivity index is 1.44. The average Bonchev–Trinajstić information content (AvgIpc) is 3.14. The summed E-state index contributed by atoms with van der Waals surface area (Å²) in [5.41, 5.74) is 6.10. The summed E-state index contributed by atoms with van der Waals surface area (Å²) in [4.78, 5) is 29.2. The summed E-state index contributed by atoms with van der Waals surface area (Å²) in [7, 11) is 0. The Hall–Kier alpha value is -3.88. The molecule has 0 aliphatic carbocycles. The highest BCUT2D eigenvalue weighted by Crippen LogP contribution is 2.32. The molecule has 4 aromatic rings. The third kappa shape index (κ3) is 6.86. The van der Waals surface area contributed by atoms with E-state index in [0.717, 1.165) is 40.2 Å². The molecule has 2 aliphatic rings. The number of nitrogens with zero attached hydrogens (tertiary/aromatic N) is 4. The van der Waals surface area contributed by atoms with E-state index >= 15 is 0 Å². The lowest BCUT2D eigenvalue weighted by molar-refractivity contribution is 0.0681. The minimum absolute atomic E-state index is 0.0274. The van der Waals surface area contributed by atoms with Gasteiger partial charge in [-0.2, -0.15) is 4.98 Å². The largest absolute Gasteiger partial charge is 0.471 e. The van der Waals surface area contributed by atoms with Crippen molar-refractivity contribution in [2.75, 3.05) is 24.4 Å². The zero-order valence-electron chi connectivity index (χ0n) is 25.3. The van der Waals surface area contributed by atoms with E-state index < -0.39 is 0 Å². The van der Waals surface area contributed by atoms with Gasteiger partial charge in [0.05, 0.1) is 12.2 Å². The quantitative estimate of drug-likeness (QED) is 0.250. The molecule has 1 aromatic heterocycles. The van der Waals surface area contributed by atoms with E-state index in [1.54, 1.807) is 0 Å². The molecule has 2 atom stereocenters. The van der Waals surface area contributed by atoms with E-state index in [1.807, 2.05) is 35.2 Å². The molecule has 3 heterocycles. The fourth-order valence-corrected chi connectivity index (χ4v) is 6.84. The molecule has 0 radical (unpaired) electrons. The number of hydrogen-bond acceptors (Lipinski definition) is 7. The van der Waals surface area contributed by atoms with Crippen molar-refractivity contribution in [3.05, 3.63) is 101 Å². The third-order valence-electron chi connectivity index (χ3n) is 8.14. The van der Waals surface area contributed by atoms with E-state index in [9.17, 15) is 4.79 Å². The smallest absolute Gasteiger partial charge is 0.254 e. The van der Waals surface area contributed by atoms with Gasteiger partial charge >= 0.3 is 0 Å². The van der Waals surface area contributed by atoms with Crippen LogP contribution in [0.1, 0.15) is 47.3 Å². The Kier molecular flexibility index (Phi) is 8.68. The van der Waals surface area contributed by atoms with Gasteiger partial charge in [0.1, 0.15) is 6.10 Å². The Morgan fingerprint density at radius 2 is 1.70 bits per heavy atom. The summed E-state index contributed by atoms with van der Waals surface area (Å²) < 4.78 is 10.1. The van der Waals surface area contributed by atoms with Gasteiger partial charge in [0.25, 0.3) is 5.91 Å². The SMILES string of the molecule is Cc1cccc(C)c1-c1cc2nc(n1)NSc1cccc(c1)C(=O)N1C[C@H](CN(Cc3ccccc3)[C@H](CC(C)C)C1)O2. The lowest BCUT2D eigenvalue weighted by atomic mass is 10.00. The van der Waals surface area contributed by atoms with Crippen molar-refractivity contribution in [3.63, 3.8) is 0 Å². The second-order valence-electron chi connectivity index (χ2n) is 12.1.